The predicted molar refractivity (Wildman–Crippen MR) is 120 cm³/mol. The number of rotatable bonds is 3. The highest BCUT2D eigenvalue weighted by Gasteiger charge is 2.53. The number of amides is 1. The summed E-state index contributed by atoms with van der Waals surface area (Å²) in [7, 11) is 1.61. The third-order valence-electron chi connectivity index (χ3n) is 5.93. The van der Waals surface area contributed by atoms with Crippen LogP contribution in [-0.2, 0) is 16.8 Å². The first-order valence-electron chi connectivity index (χ1n) is 10.2. The van der Waals surface area contributed by atoms with Crippen molar-refractivity contribution in [2.45, 2.75) is 24.5 Å². The number of carbonyl (C=O) groups excluding carboxylic acids is 1. The van der Waals surface area contributed by atoms with Crippen LogP contribution in [0.1, 0.15) is 17.5 Å². The van der Waals surface area contributed by atoms with Crippen molar-refractivity contribution in [3.8, 4) is 16.9 Å². The van der Waals surface area contributed by atoms with Crippen molar-refractivity contribution in [1.29, 1.82) is 0 Å². The second-order valence-corrected chi connectivity index (χ2v) is 8.51. The number of halogens is 2. The molecular weight excluding hydrogens is 431 g/mol. The Bertz CT molecular complexity index is 1230. The van der Waals surface area contributed by atoms with Crippen molar-refractivity contribution in [2.24, 2.45) is 10.7 Å². The zero-order chi connectivity index (χ0) is 22.5. The first-order valence-corrected chi connectivity index (χ1v) is 10.5. The summed E-state index contributed by atoms with van der Waals surface area (Å²) in [5.41, 5.74) is 7.76. The molecule has 1 amide bonds. The highest BCUT2D eigenvalue weighted by Crippen LogP contribution is 2.47. The molecule has 0 saturated heterocycles. The van der Waals surface area contributed by atoms with Gasteiger partial charge in [0.15, 0.2) is 11.5 Å². The summed E-state index contributed by atoms with van der Waals surface area (Å²) in [6.45, 7) is 0. The minimum atomic E-state index is -1.20. The van der Waals surface area contributed by atoms with Crippen LogP contribution in [0.3, 0.4) is 0 Å². The van der Waals surface area contributed by atoms with Crippen LogP contribution in [-0.4, -0.2) is 34.9 Å². The second kappa shape index (κ2) is 7.60. The molecule has 1 aromatic heterocycles. The van der Waals surface area contributed by atoms with Crippen LogP contribution in [0.2, 0.25) is 5.02 Å². The Balaban J connectivity index is 1.61. The zero-order valence-corrected chi connectivity index (χ0v) is 18.0. The average molecular weight is 451 g/mol. The van der Waals surface area contributed by atoms with Gasteiger partial charge in [0, 0.05) is 42.9 Å². The molecule has 6 nitrogen and oxygen atoms in total. The Labute approximate surface area is 189 Å². The summed E-state index contributed by atoms with van der Waals surface area (Å²) in [5, 5.41) is 0.291. The third kappa shape index (κ3) is 3.39. The van der Waals surface area contributed by atoms with Crippen LogP contribution in [0.15, 0.2) is 65.9 Å². The zero-order valence-electron chi connectivity index (χ0n) is 17.3. The van der Waals surface area contributed by atoms with E-state index in [1.54, 1.807) is 31.6 Å². The van der Waals surface area contributed by atoms with E-state index in [2.05, 4.69) is 9.98 Å². The van der Waals surface area contributed by atoms with E-state index < -0.39 is 11.4 Å². The lowest BCUT2D eigenvalue weighted by atomic mass is 9.79. The highest BCUT2D eigenvalue weighted by molar-refractivity contribution is 6.30. The maximum Gasteiger partial charge on any atom is 0.261 e. The average Bonchev–Trinajstić information content (AvgIpc) is 2.97. The summed E-state index contributed by atoms with van der Waals surface area (Å²) < 4.78 is 20.2. The van der Waals surface area contributed by atoms with Gasteiger partial charge < -0.3 is 10.5 Å². The monoisotopic (exact) mass is 450 g/mol. The SMILES string of the molecule is CN1C(=O)[C@]2(CC(Cc3cccnc3)Oc3ccc(-c4cc(F)cc(Cl)c4)cc32)N=C1N. The van der Waals surface area contributed by atoms with Gasteiger partial charge in [-0.25, -0.2) is 9.38 Å². The number of aromatic nitrogens is 1. The Kier molecular flexibility index (Phi) is 4.86. The Hall–Kier alpha value is -3.45. The van der Waals surface area contributed by atoms with Gasteiger partial charge in [-0.15, -0.1) is 0 Å². The van der Waals surface area contributed by atoms with Crippen LogP contribution in [0.4, 0.5) is 4.39 Å². The van der Waals surface area contributed by atoms with Gasteiger partial charge in [0.1, 0.15) is 17.7 Å². The lowest BCUT2D eigenvalue weighted by molar-refractivity contribution is -0.132. The fourth-order valence-corrected chi connectivity index (χ4v) is 4.64. The second-order valence-electron chi connectivity index (χ2n) is 8.07. The molecule has 162 valence electrons. The van der Waals surface area contributed by atoms with Crippen molar-refractivity contribution in [3.63, 3.8) is 0 Å². The molecule has 2 atom stereocenters. The van der Waals surface area contributed by atoms with Crippen LogP contribution in [0, 0.1) is 5.82 Å². The topological polar surface area (TPSA) is 80.8 Å². The number of likely N-dealkylation sites (N-methyl/N-ethyl adjacent to an activating group) is 1. The summed E-state index contributed by atoms with van der Waals surface area (Å²) in [6.07, 6.45) is 4.09. The minimum Gasteiger partial charge on any atom is -0.490 e. The number of guanidine groups is 1. The van der Waals surface area contributed by atoms with E-state index in [4.69, 9.17) is 22.1 Å². The van der Waals surface area contributed by atoms with E-state index in [0.717, 1.165) is 5.56 Å². The molecule has 0 aliphatic carbocycles. The standard InChI is InChI=1S/C24H20ClFN4O2/c1-30-22(31)24(29-23(30)27)12-19(7-14-3-2-6-28-13-14)32-21-5-4-15(10-20(21)24)16-8-17(25)11-18(26)9-16/h2-6,8-11,13,19H,7,12H2,1H3,(H2,27,29)/t19?,24-/m1/s1. The summed E-state index contributed by atoms with van der Waals surface area (Å²) in [5.74, 6) is 0.0515. The molecule has 32 heavy (non-hydrogen) atoms. The largest absolute Gasteiger partial charge is 0.490 e. The first-order chi connectivity index (χ1) is 15.4. The molecule has 1 spiro atoms. The van der Waals surface area contributed by atoms with Gasteiger partial charge in [-0.3, -0.25) is 14.7 Å². The van der Waals surface area contributed by atoms with Gasteiger partial charge in [0.25, 0.3) is 5.91 Å². The predicted octanol–water partition coefficient (Wildman–Crippen LogP) is 3.92. The van der Waals surface area contributed by atoms with Gasteiger partial charge in [-0.1, -0.05) is 23.7 Å². The van der Waals surface area contributed by atoms with Gasteiger partial charge in [0.05, 0.1) is 0 Å². The lowest BCUT2D eigenvalue weighted by Crippen LogP contribution is -2.46. The van der Waals surface area contributed by atoms with Crippen molar-refractivity contribution in [3.05, 3.63) is 82.9 Å². The number of nitrogens with zero attached hydrogens (tertiary/aromatic N) is 3. The molecule has 3 aromatic rings. The van der Waals surface area contributed by atoms with Crippen molar-refractivity contribution >= 4 is 23.5 Å². The third-order valence-corrected chi connectivity index (χ3v) is 6.15. The number of nitrogens with two attached hydrogens (primary N) is 1. The van der Waals surface area contributed by atoms with Crippen LogP contribution in [0.5, 0.6) is 5.75 Å². The van der Waals surface area contributed by atoms with Gasteiger partial charge in [-0.05, 0) is 53.1 Å². The molecule has 2 aliphatic rings. The van der Waals surface area contributed by atoms with Crippen molar-refractivity contribution in [2.75, 3.05) is 7.05 Å². The van der Waals surface area contributed by atoms with E-state index in [9.17, 15) is 9.18 Å². The molecule has 0 fully saturated rings. The fraction of sp³-hybridized carbons (Fsp3) is 0.208. The summed E-state index contributed by atoms with van der Waals surface area (Å²) in [6, 6.07) is 13.6. The molecule has 0 bridgehead atoms. The number of hydrogen-bond acceptors (Lipinski definition) is 5. The van der Waals surface area contributed by atoms with Gasteiger partial charge in [-0.2, -0.15) is 0 Å². The molecule has 2 aromatic carbocycles. The highest BCUT2D eigenvalue weighted by atomic mass is 35.5. The number of hydrogen-bond donors (Lipinski definition) is 1. The van der Waals surface area contributed by atoms with E-state index in [-0.39, 0.29) is 18.0 Å². The Morgan fingerprint density at radius 1 is 1.25 bits per heavy atom. The molecule has 1 unspecified atom stereocenters. The molecule has 8 heteroatoms. The number of carbonyl (C=O) groups is 1. The van der Waals surface area contributed by atoms with E-state index in [0.29, 0.717) is 40.3 Å². The Morgan fingerprint density at radius 2 is 2.09 bits per heavy atom. The maximum absolute atomic E-state index is 14.0. The quantitative estimate of drug-likeness (QED) is 0.655. The molecule has 5 rings (SSSR count). The van der Waals surface area contributed by atoms with E-state index >= 15 is 0 Å². The molecular formula is C24H20ClFN4O2. The first kappa shape index (κ1) is 20.5. The molecule has 2 N–H and O–H groups in total. The number of ether oxygens (including phenoxy) is 1. The fourth-order valence-electron chi connectivity index (χ4n) is 4.42. The number of pyridine rings is 1. The molecule has 0 saturated carbocycles. The van der Waals surface area contributed by atoms with Crippen molar-refractivity contribution in [1.82, 2.24) is 9.88 Å². The molecule has 2 aliphatic heterocycles. The number of fused-ring (bicyclic) bond motifs is 2. The summed E-state index contributed by atoms with van der Waals surface area (Å²) >= 11 is 6.05. The normalized spacial score (nSPS) is 22.0. The van der Waals surface area contributed by atoms with Crippen LogP contribution in [0.25, 0.3) is 11.1 Å². The minimum absolute atomic E-state index is 0.155. The summed E-state index contributed by atoms with van der Waals surface area (Å²) in [4.78, 5) is 23.5. The van der Waals surface area contributed by atoms with Crippen molar-refractivity contribution < 1.29 is 13.9 Å². The number of aliphatic imine (C=N–C) groups is 1. The van der Waals surface area contributed by atoms with E-state index in [1.807, 2.05) is 24.3 Å². The lowest BCUT2D eigenvalue weighted by Gasteiger charge is -2.37. The Morgan fingerprint density at radius 3 is 2.78 bits per heavy atom. The van der Waals surface area contributed by atoms with Crippen LogP contribution >= 0.6 is 11.6 Å². The molecule has 0 radical (unpaired) electrons. The van der Waals surface area contributed by atoms with Crippen LogP contribution < -0.4 is 10.5 Å². The smallest absolute Gasteiger partial charge is 0.261 e. The van der Waals surface area contributed by atoms with Gasteiger partial charge in [0.2, 0.25) is 0 Å². The van der Waals surface area contributed by atoms with E-state index in [1.165, 1.54) is 17.0 Å². The molecule has 3 heterocycles. The van der Waals surface area contributed by atoms with Gasteiger partial charge >= 0.3 is 0 Å². The number of benzene rings is 2. The maximum atomic E-state index is 14.0.